The average Bonchev–Trinajstić information content (AvgIpc) is 3.13. The Morgan fingerprint density at radius 2 is 2.40 bits per heavy atom. The summed E-state index contributed by atoms with van der Waals surface area (Å²) in [6.07, 6.45) is 3.87. The van der Waals surface area contributed by atoms with Crippen LogP contribution in [0, 0.1) is 0 Å². The Balaban J connectivity index is 1.61. The maximum Gasteiger partial charge on any atom is 0.242 e. The van der Waals surface area contributed by atoms with Crippen LogP contribution in [0.15, 0.2) is 27.8 Å². The van der Waals surface area contributed by atoms with E-state index in [0.717, 1.165) is 19.4 Å². The number of hydrogen-bond donors (Lipinski definition) is 3. The first kappa shape index (κ1) is 14.4. The molecule has 7 nitrogen and oxygen atoms in total. The van der Waals surface area contributed by atoms with Gasteiger partial charge in [0.25, 0.3) is 0 Å². The smallest absolute Gasteiger partial charge is 0.242 e. The molecule has 0 aliphatic carbocycles. The van der Waals surface area contributed by atoms with Gasteiger partial charge in [0.1, 0.15) is 12.3 Å². The summed E-state index contributed by atoms with van der Waals surface area (Å²) in [6.45, 7) is 1.78. The Kier molecular flexibility index (Phi) is 5.43. The molecule has 1 fully saturated rings. The standard InChI is InChI=1S/C13H20N4O3/c14-13(16-8-11-4-2-6-20-11)17-9-12(18)15-7-10-3-1-5-19-10/h1,3,5,11H,2,4,6-9H2,(H,15,18)(H3,14,16,17). The fraction of sp³-hybridized carbons (Fsp3) is 0.538. The van der Waals surface area contributed by atoms with Gasteiger partial charge in [-0.05, 0) is 25.0 Å². The number of nitrogens with zero attached hydrogens (tertiary/aromatic N) is 1. The van der Waals surface area contributed by atoms with Gasteiger partial charge in [-0.2, -0.15) is 0 Å². The van der Waals surface area contributed by atoms with E-state index in [-0.39, 0.29) is 24.5 Å². The van der Waals surface area contributed by atoms with Crippen LogP contribution in [0.5, 0.6) is 0 Å². The van der Waals surface area contributed by atoms with E-state index in [2.05, 4.69) is 15.6 Å². The highest BCUT2D eigenvalue weighted by Gasteiger charge is 2.14. The summed E-state index contributed by atoms with van der Waals surface area (Å²) in [5, 5.41) is 5.64. The molecular formula is C13H20N4O3. The molecule has 0 bridgehead atoms. The third-order valence-corrected chi connectivity index (χ3v) is 2.97. The summed E-state index contributed by atoms with van der Waals surface area (Å²) in [6, 6.07) is 3.56. The normalized spacial score (nSPS) is 19.0. The highest BCUT2D eigenvalue weighted by molar-refractivity contribution is 5.83. The number of nitrogens with two attached hydrogens (primary N) is 1. The molecule has 0 saturated carbocycles. The van der Waals surface area contributed by atoms with Crippen LogP contribution in [0.2, 0.25) is 0 Å². The summed E-state index contributed by atoms with van der Waals surface area (Å²) in [4.78, 5) is 15.5. The predicted molar refractivity (Wildman–Crippen MR) is 74.0 cm³/mol. The van der Waals surface area contributed by atoms with Gasteiger partial charge < -0.3 is 25.5 Å². The van der Waals surface area contributed by atoms with Crippen LogP contribution in [-0.4, -0.2) is 37.7 Å². The number of furan rings is 1. The molecule has 20 heavy (non-hydrogen) atoms. The minimum atomic E-state index is -0.205. The van der Waals surface area contributed by atoms with E-state index in [9.17, 15) is 4.79 Å². The Hall–Kier alpha value is -2.02. The first-order chi connectivity index (χ1) is 9.74. The van der Waals surface area contributed by atoms with Gasteiger partial charge in [0.15, 0.2) is 5.96 Å². The lowest BCUT2D eigenvalue weighted by Crippen LogP contribution is -2.38. The molecule has 2 rings (SSSR count). The monoisotopic (exact) mass is 280 g/mol. The van der Waals surface area contributed by atoms with Gasteiger partial charge in [0.2, 0.25) is 5.91 Å². The van der Waals surface area contributed by atoms with Crippen molar-refractivity contribution >= 4 is 11.9 Å². The Morgan fingerprint density at radius 1 is 1.50 bits per heavy atom. The fourth-order valence-corrected chi connectivity index (χ4v) is 1.89. The number of carbonyl (C=O) groups is 1. The lowest BCUT2D eigenvalue weighted by Gasteiger charge is -2.10. The van der Waals surface area contributed by atoms with E-state index >= 15 is 0 Å². The molecule has 110 valence electrons. The molecule has 1 aromatic rings. The van der Waals surface area contributed by atoms with E-state index in [4.69, 9.17) is 14.9 Å². The molecule has 0 spiro atoms. The lowest BCUT2D eigenvalue weighted by molar-refractivity contribution is -0.119. The maximum atomic E-state index is 11.5. The van der Waals surface area contributed by atoms with Crippen LogP contribution in [0.3, 0.4) is 0 Å². The number of guanidine groups is 1. The zero-order chi connectivity index (χ0) is 14.2. The van der Waals surface area contributed by atoms with Crippen LogP contribution >= 0.6 is 0 Å². The number of rotatable bonds is 6. The highest BCUT2D eigenvalue weighted by Crippen LogP contribution is 2.10. The van der Waals surface area contributed by atoms with Crippen molar-refractivity contribution in [1.29, 1.82) is 0 Å². The number of aliphatic imine (C=N–C) groups is 1. The number of ether oxygens (including phenoxy) is 1. The molecule has 1 unspecified atom stereocenters. The molecule has 7 heteroatoms. The minimum absolute atomic E-state index is 0.00886. The summed E-state index contributed by atoms with van der Waals surface area (Å²) in [7, 11) is 0. The van der Waals surface area contributed by atoms with Gasteiger partial charge in [-0.25, -0.2) is 4.99 Å². The van der Waals surface area contributed by atoms with Crippen LogP contribution < -0.4 is 16.4 Å². The van der Waals surface area contributed by atoms with E-state index in [0.29, 0.717) is 18.8 Å². The molecule has 1 atom stereocenters. The number of carbonyl (C=O) groups excluding carboxylic acids is 1. The summed E-state index contributed by atoms with van der Waals surface area (Å²) < 4.78 is 10.5. The third kappa shape index (κ3) is 4.93. The highest BCUT2D eigenvalue weighted by atomic mass is 16.5. The molecular weight excluding hydrogens is 260 g/mol. The number of amides is 1. The van der Waals surface area contributed by atoms with Crippen LogP contribution in [0.1, 0.15) is 18.6 Å². The molecule has 1 saturated heterocycles. The molecule has 0 radical (unpaired) electrons. The molecule has 4 N–H and O–H groups in total. The minimum Gasteiger partial charge on any atom is -0.467 e. The van der Waals surface area contributed by atoms with Crippen molar-refractivity contribution in [2.24, 2.45) is 10.7 Å². The second-order valence-corrected chi connectivity index (χ2v) is 4.57. The fourth-order valence-electron chi connectivity index (χ4n) is 1.89. The van der Waals surface area contributed by atoms with Crippen LogP contribution in [0.25, 0.3) is 0 Å². The molecule has 1 aliphatic rings. The topological polar surface area (TPSA) is 102 Å². The largest absolute Gasteiger partial charge is 0.467 e. The first-order valence-electron chi connectivity index (χ1n) is 6.68. The average molecular weight is 280 g/mol. The number of nitrogens with one attached hydrogen (secondary N) is 2. The molecule has 0 aromatic carbocycles. The van der Waals surface area contributed by atoms with Gasteiger partial charge in [0.05, 0.1) is 18.9 Å². The van der Waals surface area contributed by atoms with Crippen molar-refractivity contribution in [3.05, 3.63) is 24.2 Å². The quantitative estimate of drug-likeness (QED) is 0.502. The van der Waals surface area contributed by atoms with E-state index in [1.54, 1.807) is 18.4 Å². The van der Waals surface area contributed by atoms with E-state index in [1.807, 2.05) is 0 Å². The third-order valence-electron chi connectivity index (χ3n) is 2.97. The molecule has 2 heterocycles. The number of hydrogen-bond acceptors (Lipinski definition) is 4. The predicted octanol–water partition coefficient (Wildman–Crippen LogP) is -0.0209. The van der Waals surface area contributed by atoms with Gasteiger partial charge in [-0.3, -0.25) is 4.79 Å². The first-order valence-corrected chi connectivity index (χ1v) is 6.68. The zero-order valence-electron chi connectivity index (χ0n) is 11.3. The molecule has 1 amide bonds. The van der Waals surface area contributed by atoms with Crippen LogP contribution in [0.4, 0.5) is 0 Å². The summed E-state index contributed by atoms with van der Waals surface area (Å²) in [5.41, 5.74) is 5.68. The van der Waals surface area contributed by atoms with Crippen molar-refractivity contribution < 1.29 is 13.9 Å². The summed E-state index contributed by atoms with van der Waals surface area (Å²) >= 11 is 0. The van der Waals surface area contributed by atoms with Crippen LogP contribution in [-0.2, 0) is 16.1 Å². The Morgan fingerprint density at radius 3 is 3.10 bits per heavy atom. The summed E-state index contributed by atoms with van der Waals surface area (Å²) in [5.74, 6) is 0.753. The van der Waals surface area contributed by atoms with Crippen molar-refractivity contribution in [2.75, 3.05) is 19.7 Å². The van der Waals surface area contributed by atoms with E-state index < -0.39 is 0 Å². The van der Waals surface area contributed by atoms with Crippen molar-refractivity contribution in [2.45, 2.75) is 25.5 Å². The van der Waals surface area contributed by atoms with Crippen molar-refractivity contribution in [3.63, 3.8) is 0 Å². The van der Waals surface area contributed by atoms with E-state index in [1.165, 1.54) is 0 Å². The van der Waals surface area contributed by atoms with Gasteiger partial charge in [0, 0.05) is 13.2 Å². The Bertz CT molecular complexity index is 438. The molecule has 1 aliphatic heterocycles. The maximum absolute atomic E-state index is 11.5. The lowest BCUT2D eigenvalue weighted by atomic mass is 10.2. The molecule has 1 aromatic heterocycles. The van der Waals surface area contributed by atoms with Gasteiger partial charge in [-0.1, -0.05) is 0 Å². The second-order valence-electron chi connectivity index (χ2n) is 4.57. The second kappa shape index (κ2) is 7.54. The van der Waals surface area contributed by atoms with Crippen molar-refractivity contribution in [1.82, 2.24) is 10.6 Å². The van der Waals surface area contributed by atoms with Gasteiger partial charge >= 0.3 is 0 Å². The van der Waals surface area contributed by atoms with Crippen molar-refractivity contribution in [3.8, 4) is 0 Å². The Labute approximate surface area is 117 Å². The van der Waals surface area contributed by atoms with Gasteiger partial charge in [-0.15, -0.1) is 0 Å². The zero-order valence-corrected chi connectivity index (χ0v) is 11.3. The SMILES string of the molecule is NC(=NCC(=O)NCc1ccco1)NCC1CCCO1.